The SMILES string of the molecule is CC1(C)C(=O)N2[C@H]1CC[C@H]2C(=O)O. The molecule has 72 valence electrons. The van der Waals surface area contributed by atoms with Crippen molar-refractivity contribution in [3.63, 3.8) is 0 Å². The molecule has 2 heterocycles. The van der Waals surface area contributed by atoms with E-state index in [1.54, 1.807) is 0 Å². The highest BCUT2D eigenvalue weighted by atomic mass is 16.4. The molecule has 0 aliphatic carbocycles. The molecule has 2 atom stereocenters. The molecule has 2 aliphatic heterocycles. The topological polar surface area (TPSA) is 57.6 Å². The fourth-order valence-corrected chi connectivity index (χ4v) is 2.45. The summed E-state index contributed by atoms with van der Waals surface area (Å²) in [5, 5.41) is 8.83. The lowest BCUT2D eigenvalue weighted by molar-refractivity contribution is -0.172. The number of hydrogen-bond donors (Lipinski definition) is 1. The Hall–Kier alpha value is -1.06. The van der Waals surface area contributed by atoms with Crippen LogP contribution in [0.2, 0.25) is 0 Å². The largest absolute Gasteiger partial charge is 0.480 e. The number of fused-ring (bicyclic) bond motifs is 1. The lowest BCUT2D eigenvalue weighted by atomic mass is 9.74. The molecular formula is C9H13NO3. The normalized spacial score (nSPS) is 35.5. The number of hydrogen-bond acceptors (Lipinski definition) is 2. The van der Waals surface area contributed by atoms with Crippen molar-refractivity contribution in [3.05, 3.63) is 0 Å². The van der Waals surface area contributed by atoms with Gasteiger partial charge < -0.3 is 10.0 Å². The summed E-state index contributed by atoms with van der Waals surface area (Å²) in [5.74, 6) is -0.881. The number of carbonyl (C=O) groups is 2. The van der Waals surface area contributed by atoms with Crippen LogP contribution in [0.1, 0.15) is 26.7 Å². The average Bonchev–Trinajstić information content (AvgIpc) is 2.45. The van der Waals surface area contributed by atoms with Crippen molar-refractivity contribution in [3.8, 4) is 0 Å². The Kier molecular flexibility index (Phi) is 1.47. The number of carboxylic acids is 1. The van der Waals surface area contributed by atoms with E-state index in [0.29, 0.717) is 6.42 Å². The van der Waals surface area contributed by atoms with Crippen molar-refractivity contribution in [2.75, 3.05) is 0 Å². The van der Waals surface area contributed by atoms with Crippen molar-refractivity contribution in [2.45, 2.75) is 38.8 Å². The molecule has 13 heavy (non-hydrogen) atoms. The van der Waals surface area contributed by atoms with E-state index in [-0.39, 0.29) is 17.4 Å². The third-order valence-corrected chi connectivity index (χ3v) is 3.29. The number of rotatable bonds is 1. The van der Waals surface area contributed by atoms with Gasteiger partial charge in [0.15, 0.2) is 0 Å². The molecule has 1 N–H and O–H groups in total. The van der Waals surface area contributed by atoms with E-state index in [1.165, 1.54) is 4.90 Å². The second-order valence-electron chi connectivity index (χ2n) is 4.38. The predicted octanol–water partition coefficient (Wildman–Crippen LogP) is 0.470. The zero-order valence-corrected chi connectivity index (χ0v) is 7.78. The molecule has 0 aromatic rings. The number of amides is 1. The summed E-state index contributed by atoms with van der Waals surface area (Å²) in [7, 11) is 0. The van der Waals surface area contributed by atoms with Gasteiger partial charge in [-0.15, -0.1) is 0 Å². The van der Waals surface area contributed by atoms with Crippen LogP contribution in [0.15, 0.2) is 0 Å². The van der Waals surface area contributed by atoms with Gasteiger partial charge in [0.2, 0.25) is 5.91 Å². The maximum Gasteiger partial charge on any atom is 0.326 e. The zero-order chi connectivity index (χ0) is 9.80. The summed E-state index contributed by atoms with van der Waals surface area (Å²) in [6.45, 7) is 3.78. The second-order valence-corrected chi connectivity index (χ2v) is 4.38. The highest BCUT2D eigenvalue weighted by Gasteiger charge is 2.60. The van der Waals surface area contributed by atoms with Crippen LogP contribution in [-0.4, -0.2) is 34.0 Å². The van der Waals surface area contributed by atoms with Gasteiger partial charge in [-0.2, -0.15) is 0 Å². The van der Waals surface area contributed by atoms with Crippen molar-refractivity contribution < 1.29 is 14.7 Å². The second kappa shape index (κ2) is 2.25. The average molecular weight is 183 g/mol. The van der Waals surface area contributed by atoms with Crippen LogP contribution in [0, 0.1) is 5.41 Å². The van der Waals surface area contributed by atoms with E-state index >= 15 is 0 Å². The maximum atomic E-state index is 11.5. The Bertz CT molecular complexity index is 285. The lowest BCUT2D eigenvalue weighted by Crippen LogP contribution is -2.66. The number of aliphatic carboxylic acids is 1. The minimum absolute atomic E-state index is 0.0117. The zero-order valence-electron chi connectivity index (χ0n) is 7.78. The first-order valence-corrected chi connectivity index (χ1v) is 4.52. The third-order valence-electron chi connectivity index (χ3n) is 3.29. The smallest absolute Gasteiger partial charge is 0.326 e. The Balaban J connectivity index is 2.22. The van der Waals surface area contributed by atoms with Crippen LogP contribution in [0.3, 0.4) is 0 Å². The molecule has 4 nitrogen and oxygen atoms in total. The van der Waals surface area contributed by atoms with Crippen molar-refractivity contribution in [2.24, 2.45) is 5.41 Å². The number of carboxylic acid groups (broad SMARTS) is 1. The van der Waals surface area contributed by atoms with E-state index in [2.05, 4.69) is 0 Å². The third kappa shape index (κ3) is 0.857. The van der Waals surface area contributed by atoms with Gasteiger partial charge in [0, 0.05) is 6.04 Å². The molecule has 0 unspecified atom stereocenters. The molecule has 0 radical (unpaired) electrons. The molecule has 2 fully saturated rings. The number of carbonyl (C=O) groups excluding carboxylic acids is 1. The first-order chi connectivity index (χ1) is 5.96. The first kappa shape index (κ1) is 8.53. The van der Waals surface area contributed by atoms with E-state index in [1.807, 2.05) is 13.8 Å². The number of β-lactam (4-membered cyclic amide) rings is 1. The van der Waals surface area contributed by atoms with Crippen LogP contribution in [0.5, 0.6) is 0 Å². The van der Waals surface area contributed by atoms with Crippen LogP contribution in [0.25, 0.3) is 0 Å². The summed E-state index contributed by atoms with van der Waals surface area (Å²) < 4.78 is 0. The van der Waals surface area contributed by atoms with E-state index in [0.717, 1.165) is 6.42 Å². The predicted molar refractivity (Wildman–Crippen MR) is 45.1 cm³/mol. The molecule has 4 heteroatoms. The molecule has 0 saturated carbocycles. The van der Waals surface area contributed by atoms with Crippen LogP contribution in [-0.2, 0) is 9.59 Å². The highest BCUT2D eigenvalue weighted by Crippen LogP contribution is 2.47. The highest BCUT2D eigenvalue weighted by molar-refractivity contribution is 5.94. The van der Waals surface area contributed by atoms with E-state index < -0.39 is 12.0 Å². The lowest BCUT2D eigenvalue weighted by Gasteiger charge is -2.50. The fraction of sp³-hybridized carbons (Fsp3) is 0.778. The monoisotopic (exact) mass is 183 g/mol. The molecule has 0 aromatic carbocycles. The minimum atomic E-state index is -0.869. The molecule has 1 amide bonds. The van der Waals surface area contributed by atoms with E-state index in [9.17, 15) is 9.59 Å². The molecule has 2 rings (SSSR count). The first-order valence-electron chi connectivity index (χ1n) is 4.52. The quantitative estimate of drug-likeness (QED) is 0.601. The summed E-state index contributed by atoms with van der Waals surface area (Å²) in [6, 6.07) is -0.411. The van der Waals surface area contributed by atoms with Crippen molar-refractivity contribution >= 4 is 11.9 Å². The van der Waals surface area contributed by atoms with Gasteiger partial charge in [-0.05, 0) is 26.7 Å². The Morgan fingerprint density at radius 1 is 1.54 bits per heavy atom. The van der Waals surface area contributed by atoms with Crippen molar-refractivity contribution in [1.82, 2.24) is 4.90 Å². The van der Waals surface area contributed by atoms with Crippen LogP contribution in [0.4, 0.5) is 0 Å². The van der Waals surface area contributed by atoms with Crippen molar-refractivity contribution in [1.29, 1.82) is 0 Å². The molecular weight excluding hydrogens is 170 g/mol. The minimum Gasteiger partial charge on any atom is -0.480 e. The van der Waals surface area contributed by atoms with Gasteiger partial charge in [-0.25, -0.2) is 4.79 Å². The summed E-state index contributed by atoms with van der Waals surface area (Å²) in [5.41, 5.74) is -0.329. The summed E-state index contributed by atoms with van der Waals surface area (Å²) in [4.78, 5) is 23.8. The van der Waals surface area contributed by atoms with Gasteiger partial charge in [-0.1, -0.05) is 0 Å². The van der Waals surface area contributed by atoms with Gasteiger partial charge in [0.25, 0.3) is 0 Å². The Labute approximate surface area is 76.5 Å². The molecule has 2 aliphatic rings. The number of nitrogens with zero attached hydrogens (tertiary/aromatic N) is 1. The molecule has 2 saturated heterocycles. The van der Waals surface area contributed by atoms with Gasteiger partial charge in [-0.3, -0.25) is 4.79 Å². The summed E-state index contributed by atoms with van der Waals surface area (Å²) in [6.07, 6.45) is 1.44. The van der Waals surface area contributed by atoms with Gasteiger partial charge in [0.05, 0.1) is 5.41 Å². The maximum absolute atomic E-state index is 11.5. The Morgan fingerprint density at radius 3 is 2.69 bits per heavy atom. The summed E-state index contributed by atoms with van der Waals surface area (Å²) >= 11 is 0. The molecule has 0 aromatic heterocycles. The van der Waals surface area contributed by atoms with Gasteiger partial charge >= 0.3 is 5.97 Å². The Morgan fingerprint density at radius 2 is 2.15 bits per heavy atom. The molecule has 0 bridgehead atoms. The molecule has 0 spiro atoms. The fourth-order valence-electron chi connectivity index (χ4n) is 2.45. The van der Waals surface area contributed by atoms with Crippen LogP contribution >= 0.6 is 0 Å². The van der Waals surface area contributed by atoms with E-state index in [4.69, 9.17) is 5.11 Å². The van der Waals surface area contributed by atoms with Gasteiger partial charge in [0.1, 0.15) is 6.04 Å². The standard InChI is InChI=1S/C9H13NO3/c1-9(2)6-4-3-5(7(11)12)10(6)8(9)13/h5-6H,3-4H2,1-2H3,(H,11,12)/t5-,6-/m0/s1. The van der Waals surface area contributed by atoms with Crippen LogP contribution < -0.4 is 0 Å².